The molecular weight excluding hydrogens is 290 g/mol. The number of likely N-dealkylation sites (tertiary alicyclic amines) is 1. The van der Waals surface area contributed by atoms with Crippen molar-refractivity contribution in [3.8, 4) is 0 Å². The average Bonchev–Trinajstić information content (AvgIpc) is 2.55. The van der Waals surface area contributed by atoms with Crippen LogP contribution in [0.1, 0.15) is 39.5 Å². The molecule has 1 heterocycles. The van der Waals surface area contributed by atoms with Crippen LogP contribution in [0.2, 0.25) is 0 Å². The van der Waals surface area contributed by atoms with Gasteiger partial charge in [-0.25, -0.2) is 4.79 Å². The van der Waals surface area contributed by atoms with Gasteiger partial charge in [0.05, 0.1) is 0 Å². The minimum atomic E-state index is -0.461. The van der Waals surface area contributed by atoms with Crippen LogP contribution in [0.25, 0.3) is 0 Å². The number of nitrogens with one attached hydrogen (secondary N) is 2. The highest BCUT2D eigenvalue weighted by atomic mass is 16.2. The van der Waals surface area contributed by atoms with Crippen LogP contribution in [0.4, 0.5) is 10.5 Å². The van der Waals surface area contributed by atoms with E-state index in [0.29, 0.717) is 12.3 Å². The standard InChI is InChI=1S/C18H27N3O2/c1-14(2)13-16(17(22)21-11-7-4-8-12-21)20-18(23)19-15-9-5-3-6-10-15/h3,5-6,9-10,14,16H,4,7-8,11-13H2,1-2H3,(H2,19,20,23)/t16-/m1/s1. The summed E-state index contributed by atoms with van der Waals surface area (Å²) in [5.74, 6) is 0.382. The van der Waals surface area contributed by atoms with Gasteiger partial charge in [0, 0.05) is 18.8 Å². The number of anilines is 1. The van der Waals surface area contributed by atoms with Gasteiger partial charge in [-0.1, -0.05) is 32.0 Å². The number of piperidine rings is 1. The Kier molecular flexibility index (Phi) is 6.44. The Morgan fingerprint density at radius 2 is 1.74 bits per heavy atom. The van der Waals surface area contributed by atoms with Crippen molar-refractivity contribution in [1.29, 1.82) is 0 Å². The van der Waals surface area contributed by atoms with E-state index in [4.69, 9.17) is 0 Å². The molecule has 0 bridgehead atoms. The van der Waals surface area contributed by atoms with E-state index in [-0.39, 0.29) is 11.9 Å². The van der Waals surface area contributed by atoms with Crippen LogP contribution in [0.15, 0.2) is 30.3 Å². The normalized spacial score (nSPS) is 16.0. The molecule has 0 radical (unpaired) electrons. The highest BCUT2D eigenvalue weighted by molar-refractivity contribution is 5.93. The molecule has 5 heteroatoms. The Hall–Kier alpha value is -2.04. The Bertz CT molecular complexity index is 510. The third-order valence-corrected chi connectivity index (χ3v) is 4.01. The van der Waals surface area contributed by atoms with Crippen molar-refractivity contribution in [3.05, 3.63) is 30.3 Å². The van der Waals surface area contributed by atoms with E-state index in [0.717, 1.165) is 31.6 Å². The maximum absolute atomic E-state index is 12.7. The highest BCUT2D eigenvalue weighted by Crippen LogP contribution is 2.14. The van der Waals surface area contributed by atoms with E-state index in [1.807, 2.05) is 35.2 Å². The minimum Gasteiger partial charge on any atom is -0.341 e. The number of urea groups is 1. The molecule has 3 amide bonds. The fraction of sp³-hybridized carbons (Fsp3) is 0.556. The molecule has 2 N–H and O–H groups in total. The zero-order chi connectivity index (χ0) is 16.7. The summed E-state index contributed by atoms with van der Waals surface area (Å²) in [6.07, 6.45) is 3.94. The molecule has 1 aliphatic rings. The number of amides is 3. The molecule has 126 valence electrons. The second-order valence-electron chi connectivity index (χ2n) is 6.53. The number of benzene rings is 1. The predicted molar refractivity (Wildman–Crippen MR) is 92.3 cm³/mol. The van der Waals surface area contributed by atoms with Crippen molar-refractivity contribution < 1.29 is 9.59 Å². The second kappa shape index (κ2) is 8.56. The summed E-state index contributed by atoms with van der Waals surface area (Å²) in [5, 5.41) is 5.64. The topological polar surface area (TPSA) is 61.4 Å². The van der Waals surface area contributed by atoms with Gasteiger partial charge in [-0.2, -0.15) is 0 Å². The van der Waals surface area contributed by atoms with E-state index >= 15 is 0 Å². The van der Waals surface area contributed by atoms with Crippen LogP contribution in [-0.2, 0) is 4.79 Å². The van der Waals surface area contributed by atoms with Crippen LogP contribution in [0, 0.1) is 5.92 Å². The Morgan fingerprint density at radius 1 is 1.09 bits per heavy atom. The number of hydrogen-bond acceptors (Lipinski definition) is 2. The van der Waals surface area contributed by atoms with Gasteiger partial charge >= 0.3 is 6.03 Å². The molecule has 0 aliphatic carbocycles. The molecule has 2 rings (SSSR count). The summed E-state index contributed by atoms with van der Waals surface area (Å²) >= 11 is 0. The summed E-state index contributed by atoms with van der Waals surface area (Å²) in [4.78, 5) is 26.8. The molecule has 1 atom stereocenters. The quantitative estimate of drug-likeness (QED) is 0.876. The fourth-order valence-corrected chi connectivity index (χ4v) is 2.87. The Labute approximate surface area is 138 Å². The van der Waals surface area contributed by atoms with Crippen molar-refractivity contribution in [2.24, 2.45) is 5.92 Å². The molecule has 1 fully saturated rings. The summed E-state index contributed by atoms with van der Waals surface area (Å²) in [6.45, 7) is 5.73. The minimum absolute atomic E-state index is 0.0432. The lowest BCUT2D eigenvalue weighted by molar-refractivity contribution is -0.134. The maximum atomic E-state index is 12.7. The lowest BCUT2D eigenvalue weighted by atomic mass is 10.0. The van der Waals surface area contributed by atoms with Gasteiger partial charge in [0.15, 0.2) is 0 Å². The molecule has 0 unspecified atom stereocenters. The van der Waals surface area contributed by atoms with Crippen molar-refractivity contribution in [3.63, 3.8) is 0 Å². The van der Waals surface area contributed by atoms with E-state index in [2.05, 4.69) is 24.5 Å². The first-order valence-corrected chi connectivity index (χ1v) is 8.47. The van der Waals surface area contributed by atoms with E-state index in [1.54, 1.807) is 0 Å². The number of carbonyl (C=O) groups excluding carboxylic acids is 2. The monoisotopic (exact) mass is 317 g/mol. The smallest absolute Gasteiger partial charge is 0.319 e. The van der Waals surface area contributed by atoms with Gasteiger partial charge in [-0.15, -0.1) is 0 Å². The SMILES string of the molecule is CC(C)C[C@@H](NC(=O)Nc1ccccc1)C(=O)N1CCCCC1. The molecule has 1 saturated heterocycles. The molecule has 5 nitrogen and oxygen atoms in total. The number of hydrogen-bond donors (Lipinski definition) is 2. The molecule has 0 aromatic heterocycles. The van der Waals surface area contributed by atoms with Crippen LogP contribution in [-0.4, -0.2) is 36.0 Å². The van der Waals surface area contributed by atoms with E-state index in [1.165, 1.54) is 6.42 Å². The number of rotatable bonds is 5. The van der Waals surface area contributed by atoms with Gasteiger partial charge in [0.1, 0.15) is 6.04 Å². The van der Waals surface area contributed by atoms with Gasteiger partial charge in [0.2, 0.25) is 5.91 Å². The first kappa shape index (κ1) is 17.3. The summed E-state index contributed by atoms with van der Waals surface area (Å²) in [6, 6.07) is 8.47. The molecule has 0 spiro atoms. The van der Waals surface area contributed by atoms with Crippen molar-refractivity contribution >= 4 is 17.6 Å². The van der Waals surface area contributed by atoms with Crippen molar-refractivity contribution in [1.82, 2.24) is 10.2 Å². The molecule has 23 heavy (non-hydrogen) atoms. The Morgan fingerprint density at radius 3 is 2.35 bits per heavy atom. The molecule has 0 saturated carbocycles. The molecule has 1 aromatic rings. The van der Waals surface area contributed by atoms with Crippen LogP contribution >= 0.6 is 0 Å². The number of para-hydroxylation sites is 1. The van der Waals surface area contributed by atoms with E-state index < -0.39 is 6.04 Å². The lowest BCUT2D eigenvalue weighted by Gasteiger charge is -2.31. The summed E-state index contributed by atoms with van der Waals surface area (Å²) in [7, 11) is 0. The van der Waals surface area contributed by atoms with Crippen LogP contribution in [0.5, 0.6) is 0 Å². The van der Waals surface area contributed by atoms with Gasteiger partial charge < -0.3 is 15.5 Å². The molecule has 1 aliphatic heterocycles. The lowest BCUT2D eigenvalue weighted by Crippen LogP contribution is -2.51. The predicted octanol–water partition coefficient (Wildman–Crippen LogP) is 3.24. The second-order valence-corrected chi connectivity index (χ2v) is 6.53. The molecule has 1 aromatic carbocycles. The third kappa shape index (κ3) is 5.58. The average molecular weight is 317 g/mol. The largest absolute Gasteiger partial charge is 0.341 e. The first-order chi connectivity index (χ1) is 11.1. The zero-order valence-electron chi connectivity index (χ0n) is 14.0. The number of nitrogens with zero attached hydrogens (tertiary/aromatic N) is 1. The van der Waals surface area contributed by atoms with Gasteiger partial charge in [-0.3, -0.25) is 4.79 Å². The fourth-order valence-electron chi connectivity index (χ4n) is 2.87. The maximum Gasteiger partial charge on any atom is 0.319 e. The first-order valence-electron chi connectivity index (χ1n) is 8.47. The van der Waals surface area contributed by atoms with Crippen LogP contribution in [0.3, 0.4) is 0 Å². The third-order valence-electron chi connectivity index (χ3n) is 4.01. The molecular formula is C18H27N3O2. The summed E-state index contributed by atoms with van der Waals surface area (Å²) < 4.78 is 0. The summed E-state index contributed by atoms with van der Waals surface area (Å²) in [5.41, 5.74) is 0.721. The highest BCUT2D eigenvalue weighted by Gasteiger charge is 2.27. The van der Waals surface area contributed by atoms with Gasteiger partial charge in [-0.05, 0) is 43.7 Å². The van der Waals surface area contributed by atoms with Crippen molar-refractivity contribution in [2.45, 2.75) is 45.6 Å². The van der Waals surface area contributed by atoms with Crippen LogP contribution < -0.4 is 10.6 Å². The van der Waals surface area contributed by atoms with Crippen molar-refractivity contribution in [2.75, 3.05) is 18.4 Å². The Balaban J connectivity index is 1.96. The number of carbonyl (C=O) groups is 2. The zero-order valence-corrected chi connectivity index (χ0v) is 14.0. The van der Waals surface area contributed by atoms with E-state index in [9.17, 15) is 9.59 Å². The van der Waals surface area contributed by atoms with Gasteiger partial charge in [0.25, 0.3) is 0 Å².